The van der Waals surface area contributed by atoms with E-state index in [0.29, 0.717) is 13.2 Å². The van der Waals surface area contributed by atoms with E-state index in [4.69, 9.17) is 14.6 Å². The van der Waals surface area contributed by atoms with Crippen molar-refractivity contribution >= 4 is 0 Å². The minimum absolute atomic E-state index is 0.0906. The van der Waals surface area contributed by atoms with Crippen molar-refractivity contribution < 1.29 is 14.6 Å². The van der Waals surface area contributed by atoms with Crippen LogP contribution in [0.4, 0.5) is 0 Å². The van der Waals surface area contributed by atoms with Crippen molar-refractivity contribution in [1.82, 2.24) is 0 Å². The summed E-state index contributed by atoms with van der Waals surface area (Å²) in [6.45, 7) is 8.56. The third kappa shape index (κ3) is 11.6. The molecule has 0 aromatic carbocycles. The third-order valence-electron chi connectivity index (χ3n) is 1.41. The lowest BCUT2D eigenvalue weighted by Crippen LogP contribution is -2.00. The molecule has 1 rings (SSSR count). The fourth-order valence-electron chi connectivity index (χ4n) is 0.821. The van der Waals surface area contributed by atoms with Crippen molar-refractivity contribution in [3.8, 4) is 0 Å². The molecule has 1 aliphatic rings. The lowest BCUT2D eigenvalue weighted by atomic mass is 10.4. The maximum absolute atomic E-state index is 8.22. The summed E-state index contributed by atoms with van der Waals surface area (Å²) < 4.78 is 9.84. The number of hydrogen-bond acceptors (Lipinski definition) is 3. The zero-order chi connectivity index (χ0) is 9.94. The van der Waals surface area contributed by atoms with Crippen molar-refractivity contribution in [2.45, 2.75) is 19.8 Å². The molecule has 0 bridgehead atoms. The van der Waals surface area contributed by atoms with Crippen LogP contribution in [0.1, 0.15) is 19.8 Å². The van der Waals surface area contributed by atoms with Gasteiger partial charge in [-0.25, -0.2) is 0 Å². The van der Waals surface area contributed by atoms with E-state index in [-0.39, 0.29) is 6.61 Å². The SMILES string of the molecule is C1CCOC1.C=C(C)COCCO. The van der Waals surface area contributed by atoms with Crippen molar-refractivity contribution in [2.24, 2.45) is 0 Å². The van der Waals surface area contributed by atoms with Crippen LogP contribution in [0.3, 0.4) is 0 Å². The molecule has 0 aromatic rings. The molecule has 13 heavy (non-hydrogen) atoms. The number of rotatable bonds is 4. The van der Waals surface area contributed by atoms with Gasteiger partial charge in [-0.3, -0.25) is 0 Å². The van der Waals surface area contributed by atoms with E-state index in [0.717, 1.165) is 18.8 Å². The molecule has 0 aromatic heterocycles. The zero-order valence-electron chi connectivity index (χ0n) is 8.42. The summed E-state index contributed by atoms with van der Waals surface area (Å²) in [4.78, 5) is 0. The van der Waals surface area contributed by atoms with Gasteiger partial charge in [-0.05, 0) is 19.8 Å². The Kier molecular flexibility index (Phi) is 9.42. The van der Waals surface area contributed by atoms with Crippen LogP contribution in [0.25, 0.3) is 0 Å². The molecule has 0 saturated carbocycles. The van der Waals surface area contributed by atoms with Crippen molar-refractivity contribution in [1.29, 1.82) is 0 Å². The molecule has 3 heteroatoms. The van der Waals surface area contributed by atoms with Crippen molar-refractivity contribution in [2.75, 3.05) is 33.0 Å². The second kappa shape index (κ2) is 9.71. The summed E-state index contributed by atoms with van der Waals surface area (Å²) in [5, 5.41) is 8.22. The molecule has 3 nitrogen and oxygen atoms in total. The molecule has 1 saturated heterocycles. The van der Waals surface area contributed by atoms with Gasteiger partial charge in [-0.15, -0.1) is 0 Å². The highest BCUT2D eigenvalue weighted by Gasteiger charge is 1.94. The summed E-state index contributed by atoms with van der Waals surface area (Å²) in [6, 6.07) is 0. The van der Waals surface area contributed by atoms with E-state index in [1.165, 1.54) is 12.8 Å². The first-order valence-corrected chi connectivity index (χ1v) is 4.68. The predicted molar refractivity (Wildman–Crippen MR) is 52.8 cm³/mol. The van der Waals surface area contributed by atoms with Gasteiger partial charge in [0, 0.05) is 13.2 Å². The van der Waals surface area contributed by atoms with E-state index in [9.17, 15) is 0 Å². The first kappa shape index (κ1) is 12.6. The van der Waals surface area contributed by atoms with E-state index in [2.05, 4.69) is 6.58 Å². The quantitative estimate of drug-likeness (QED) is 0.535. The Morgan fingerprint density at radius 1 is 1.46 bits per heavy atom. The van der Waals surface area contributed by atoms with Gasteiger partial charge in [-0.1, -0.05) is 12.2 Å². The Morgan fingerprint density at radius 3 is 2.38 bits per heavy atom. The van der Waals surface area contributed by atoms with Crippen molar-refractivity contribution in [3.05, 3.63) is 12.2 Å². The first-order valence-electron chi connectivity index (χ1n) is 4.68. The Hall–Kier alpha value is -0.380. The maximum Gasteiger partial charge on any atom is 0.0702 e. The molecule has 0 unspecified atom stereocenters. The largest absolute Gasteiger partial charge is 0.394 e. The smallest absolute Gasteiger partial charge is 0.0702 e. The van der Waals surface area contributed by atoms with Crippen LogP contribution in [0.2, 0.25) is 0 Å². The molecule has 1 N–H and O–H groups in total. The van der Waals surface area contributed by atoms with Crippen LogP contribution in [-0.2, 0) is 9.47 Å². The van der Waals surface area contributed by atoms with Crippen LogP contribution >= 0.6 is 0 Å². The maximum atomic E-state index is 8.22. The average Bonchev–Trinajstić information content (AvgIpc) is 2.61. The minimum atomic E-state index is 0.0906. The van der Waals surface area contributed by atoms with Crippen LogP contribution in [0, 0.1) is 0 Å². The highest BCUT2D eigenvalue weighted by atomic mass is 16.5. The van der Waals surface area contributed by atoms with E-state index >= 15 is 0 Å². The van der Waals surface area contributed by atoms with Gasteiger partial charge in [0.05, 0.1) is 19.8 Å². The fraction of sp³-hybridized carbons (Fsp3) is 0.800. The fourth-order valence-corrected chi connectivity index (χ4v) is 0.821. The van der Waals surface area contributed by atoms with Gasteiger partial charge in [0.1, 0.15) is 0 Å². The van der Waals surface area contributed by atoms with Crippen LogP contribution in [-0.4, -0.2) is 38.1 Å². The van der Waals surface area contributed by atoms with Gasteiger partial charge < -0.3 is 14.6 Å². The Bertz CT molecular complexity index is 112. The number of aliphatic hydroxyl groups is 1. The van der Waals surface area contributed by atoms with Gasteiger partial charge in [0.15, 0.2) is 0 Å². The van der Waals surface area contributed by atoms with Crippen molar-refractivity contribution in [3.63, 3.8) is 0 Å². The molecular weight excluding hydrogens is 168 g/mol. The molecule has 1 fully saturated rings. The molecule has 0 amide bonds. The molecule has 0 radical (unpaired) electrons. The van der Waals surface area contributed by atoms with Gasteiger partial charge >= 0.3 is 0 Å². The highest BCUT2D eigenvalue weighted by Crippen LogP contribution is 1.98. The average molecular weight is 188 g/mol. The van der Waals surface area contributed by atoms with E-state index in [1.54, 1.807) is 0 Å². The summed E-state index contributed by atoms with van der Waals surface area (Å²) in [5.41, 5.74) is 0.985. The van der Waals surface area contributed by atoms with E-state index in [1.807, 2.05) is 6.92 Å². The number of hydrogen-bond donors (Lipinski definition) is 1. The molecule has 0 spiro atoms. The monoisotopic (exact) mass is 188 g/mol. The number of ether oxygens (including phenoxy) is 2. The third-order valence-corrected chi connectivity index (χ3v) is 1.41. The summed E-state index contributed by atoms with van der Waals surface area (Å²) in [6.07, 6.45) is 2.56. The highest BCUT2D eigenvalue weighted by molar-refractivity contribution is 4.87. The Morgan fingerprint density at radius 2 is 2.08 bits per heavy atom. The Labute approximate surface area is 80.4 Å². The summed E-state index contributed by atoms with van der Waals surface area (Å²) >= 11 is 0. The van der Waals surface area contributed by atoms with Gasteiger partial charge in [0.2, 0.25) is 0 Å². The van der Waals surface area contributed by atoms with Crippen LogP contribution in [0.15, 0.2) is 12.2 Å². The lowest BCUT2D eigenvalue weighted by Gasteiger charge is -1.98. The summed E-state index contributed by atoms with van der Waals surface area (Å²) in [5.74, 6) is 0. The molecule has 0 aliphatic carbocycles. The molecule has 1 heterocycles. The van der Waals surface area contributed by atoms with Crippen LogP contribution in [0.5, 0.6) is 0 Å². The second-order valence-corrected chi connectivity index (χ2v) is 3.05. The second-order valence-electron chi connectivity index (χ2n) is 3.05. The normalized spacial score (nSPS) is 14.9. The molecule has 1 aliphatic heterocycles. The topological polar surface area (TPSA) is 38.7 Å². The first-order chi connectivity index (χ1) is 6.27. The Balaban J connectivity index is 0.000000243. The molecule has 78 valence electrons. The standard InChI is InChI=1S/C6H12O2.C4H8O/c1-6(2)5-8-4-3-7;1-2-4-5-3-1/h7H,1,3-5H2,2H3;1-4H2. The van der Waals surface area contributed by atoms with Crippen LogP contribution < -0.4 is 0 Å². The van der Waals surface area contributed by atoms with Gasteiger partial charge in [0.25, 0.3) is 0 Å². The number of aliphatic hydroxyl groups excluding tert-OH is 1. The molecular formula is C10H20O3. The minimum Gasteiger partial charge on any atom is -0.394 e. The lowest BCUT2D eigenvalue weighted by molar-refractivity contribution is 0.108. The summed E-state index contributed by atoms with van der Waals surface area (Å²) in [7, 11) is 0. The zero-order valence-corrected chi connectivity index (χ0v) is 8.42. The van der Waals surface area contributed by atoms with E-state index < -0.39 is 0 Å². The van der Waals surface area contributed by atoms with Gasteiger partial charge in [-0.2, -0.15) is 0 Å². The predicted octanol–water partition coefficient (Wildman–Crippen LogP) is 1.37. The molecule has 0 atom stereocenters.